The van der Waals surface area contributed by atoms with Crippen LogP contribution in [0.3, 0.4) is 0 Å². The molecular weight excluding hydrogens is 547 g/mol. The van der Waals surface area contributed by atoms with Crippen molar-refractivity contribution >= 4 is 38.3 Å². The predicted octanol–water partition coefficient (Wildman–Crippen LogP) is 2.80. The Morgan fingerprint density at radius 1 is 1.15 bits per heavy atom. The number of nitrogens with zero attached hydrogens (tertiary/aromatic N) is 1. The molecule has 0 saturated heterocycles. The molecule has 0 bridgehead atoms. The number of benzene rings is 2. The van der Waals surface area contributed by atoms with Crippen LogP contribution >= 0.6 is 11.6 Å². The van der Waals surface area contributed by atoms with Crippen molar-refractivity contribution in [2.75, 3.05) is 20.2 Å². The maximum atomic E-state index is 13.6. The molecule has 1 atom stereocenters. The van der Waals surface area contributed by atoms with Gasteiger partial charge in [0.05, 0.1) is 29.2 Å². The van der Waals surface area contributed by atoms with Crippen LogP contribution in [0.5, 0.6) is 0 Å². The van der Waals surface area contributed by atoms with Crippen LogP contribution in [0.25, 0.3) is 4.91 Å². The summed E-state index contributed by atoms with van der Waals surface area (Å²) in [5.41, 5.74) is 5.27. The van der Waals surface area contributed by atoms with E-state index in [1.807, 2.05) is 0 Å². The molecule has 1 aliphatic rings. The number of amides is 2. The first-order valence-electron chi connectivity index (χ1n) is 12.2. The molecule has 0 aromatic heterocycles. The summed E-state index contributed by atoms with van der Waals surface area (Å²) in [4.78, 5) is 27.6. The van der Waals surface area contributed by atoms with Gasteiger partial charge in [0.2, 0.25) is 21.8 Å². The van der Waals surface area contributed by atoms with Crippen molar-refractivity contribution in [3.63, 3.8) is 0 Å². The van der Waals surface area contributed by atoms with Crippen molar-refractivity contribution in [1.82, 2.24) is 14.9 Å². The second kappa shape index (κ2) is 11.7. The number of carbonyl (C=O) groups excluding carboxylic acids is 2. The molecule has 9 nitrogen and oxygen atoms in total. The molecule has 0 unspecified atom stereocenters. The normalized spacial score (nSPS) is 17.1. The van der Waals surface area contributed by atoms with Crippen molar-refractivity contribution in [3.05, 3.63) is 76.1 Å². The minimum Gasteiger partial charge on any atom is -0.374 e. The Kier molecular flexibility index (Phi) is 9.24. The standard InChI is InChI=1S/C27H34ClFN4O5S/c1-26(2,30)25(35)31-22(16-38-15-17-6-12-20(29)13-7-17)24(34)33(5)14-21-23(18-8-10-19(28)11-9-18)39(36,37)32-27(21,3)4/h6-13,22,32H,14-16,30H2,1-5H3,(H,31,35)/t22-/m1/s1. The smallest absolute Gasteiger partial charge is 0.247 e. The van der Waals surface area contributed by atoms with E-state index < -0.39 is 39.0 Å². The highest BCUT2D eigenvalue weighted by molar-refractivity contribution is 7.99. The van der Waals surface area contributed by atoms with E-state index >= 15 is 0 Å². The van der Waals surface area contributed by atoms with Crippen LogP contribution in [0.2, 0.25) is 5.02 Å². The molecule has 4 N–H and O–H groups in total. The number of hydrogen-bond donors (Lipinski definition) is 3. The average molecular weight is 581 g/mol. The molecule has 2 aromatic carbocycles. The van der Waals surface area contributed by atoms with Crippen LogP contribution in [0.1, 0.15) is 38.8 Å². The van der Waals surface area contributed by atoms with Gasteiger partial charge in [-0.15, -0.1) is 0 Å². The van der Waals surface area contributed by atoms with Gasteiger partial charge < -0.3 is 20.7 Å². The van der Waals surface area contributed by atoms with E-state index in [1.54, 1.807) is 50.2 Å². The summed E-state index contributed by atoms with van der Waals surface area (Å²) in [7, 11) is -2.36. The van der Waals surface area contributed by atoms with E-state index in [9.17, 15) is 22.4 Å². The van der Waals surface area contributed by atoms with Gasteiger partial charge in [0.1, 0.15) is 11.9 Å². The fraction of sp³-hybridized carbons (Fsp3) is 0.407. The Hall–Kier alpha value is -2.83. The lowest BCUT2D eigenvalue weighted by Crippen LogP contribution is -2.57. The van der Waals surface area contributed by atoms with Crippen LogP contribution < -0.4 is 15.8 Å². The van der Waals surface area contributed by atoms with E-state index in [2.05, 4.69) is 10.0 Å². The quantitative estimate of drug-likeness (QED) is 0.396. The molecule has 3 rings (SSSR count). The molecule has 212 valence electrons. The Morgan fingerprint density at radius 2 is 1.74 bits per heavy atom. The van der Waals surface area contributed by atoms with Gasteiger partial charge in [-0.05, 0) is 68.7 Å². The van der Waals surface area contributed by atoms with Gasteiger partial charge >= 0.3 is 0 Å². The maximum Gasteiger partial charge on any atom is 0.247 e. The lowest BCUT2D eigenvalue weighted by atomic mass is 9.92. The van der Waals surface area contributed by atoms with E-state index in [0.29, 0.717) is 21.7 Å². The third-order valence-electron chi connectivity index (χ3n) is 6.22. The van der Waals surface area contributed by atoms with Gasteiger partial charge in [-0.2, -0.15) is 0 Å². The van der Waals surface area contributed by atoms with Crippen LogP contribution in [0.4, 0.5) is 4.39 Å². The zero-order valence-corrected chi connectivity index (χ0v) is 24.1. The number of carbonyl (C=O) groups is 2. The van der Waals surface area contributed by atoms with Crippen molar-refractivity contribution in [3.8, 4) is 0 Å². The summed E-state index contributed by atoms with van der Waals surface area (Å²) in [6.07, 6.45) is 0. The number of rotatable bonds is 10. The summed E-state index contributed by atoms with van der Waals surface area (Å²) in [6, 6.07) is 11.0. The second-order valence-electron chi connectivity index (χ2n) is 10.6. The van der Waals surface area contributed by atoms with Crippen molar-refractivity contribution < 1.29 is 27.1 Å². The highest BCUT2D eigenvalue weighted by Crippen LogP contribution is 2.38. The van der Waals surface area contributed by atoms with Gasteiger partial charge in [0, 0.05) is 18.6 Å². The van der Waals surface area contributed by atoms with Crippen LogP contribution in [0.15, 0.2) is 54.1 Å². The number of nitrogens with one attached hydrogen (secondary N) is 2. The predicted molar refractivity (Wildman–Crippen MR) is 148 cm³/mol. The first kappa shape index (κ1) is 30.7. The van der Waals surface area contributed by atoms with E-state index in [4.69, 9.17) is 22.1 Å². The first-order chi connectivity index (χ1) is 18.0. The largest absolute Gasteiger partial charge is 0.374 e. The number of sulfonamides is 1. The molecule has 0 saturated carbocycles. The first-order valence-corrected chi connectivity index (χ1v) is 14.1. The lowest BCUT2D eigenvalue weighted by Gasteiger charge is -2.30. The summed E-state index contributed by atoms with van der Waals surface area (Å²) < 4.78 is 47.7. The Morgan fingerprint density at radius 3 is 2.31 bits per heavy atom. The van der Waals surface area contributed by atoms with Gasteiger partial charge in [-0.1, -0.05) is 35.9 Å². The molecule has 0 spiro atoms. The molecule has 1 heterocycles. The number of nitrogens with two attached hydrogens (primary N) is 1. The molecule has 12 heteroatoms. The minimum absolute atomic E-state index is 0.0492. The molecule has 2 amide bonds. The fourth-order valence-corrected chi connectivity index (χ4v) is 6.18. The Labute approximate surface area is 233 Å². The van der Waals surface area contributed by atoms with E-state index in [1.165, 1.54) is 37.9 Å². The maximum absolute atomic E-state index is 13.6. The number of hydrogen-bond acceptors (Lipinski definition) is 6. The Balaban J connectivity index is 1.87. The van der Waals surface area contributed by atoms with Gasteiger partial charge in [0.25, 0.3) is 0 Å². The number of likely N-dealkylation sites (N-methyl/N-ethyl adjacent to an activating group) is 1. The summed E-state index contributed by atoms with van der Waals surface area (Å²) in [6.45, 7) is 6.28. The molecular formula is C27H34ClFN4O5S. The second-order valence-corrected chi connectivity index (χ2v) is 12.7. The molecule has 0 aliphatic carbocycles. The zero-order chi connectivity index (χ0) is 29.2. The fourth-order valence-electron chi connectivity index (χ4n) is 4.07. The summed E-state index contributed by atoms with van der Waals surface area (Å²) in [5.74, 6) is -1.45. The minimum atomic E-state index is -3.88. The molecule has 1 aliphatic heterocycles. The van der Waals surface area contributed by atoms with Crippen LogP contribution in [-0.2, 0) is 31.0 Å². The van der Waals surface area contributed by atoms with Gasteiger partial charge in [0.15, 0.2) is 0 Å². The third kappa shape index (κ3) is 7.64. The Bertz CT molecular complexity index is 1350. The molecule has 0 radical (unpaired) electrons. The molecule has 2 aromatic rings. The van der Waals surface area contributed by atoms with Crippen LogP contribution in [-0.4, -0.2) is 62.5 Å². The number of halogens is 2. The SMILES string of the molecule is CN(CC1=C(c2ccc(Cl)cc2)S(=O)(=O)NC1(C)C)C(=O)[C@@H](COCc1ccc(F)cc1)NC(=O)C(C)(C)N. The van der Waals surface area contributed by atoms with Crippen molar-refractivity contribution in [2.45, 2.75) is 51.4 Å². The summed E-state index contributed by atoms with van der Waals surface area (Å²) >= 11 is 6.00. The van der Waals surface area contributed by atoms with Gasteiger partial charge in [-0.3, -0.25) is 9.59 Å². The topological polar surface area (TPSA) is 131 Å². The lowest BCUT2D eigenvalue weighted by molar-refractivity contribution is -0.138. The monoisotopic (exact) mass is 580 g/mol. The van der Waals surface area contributed by atoms with E-state index in [-0.39, 0.29) is 30.5 Å². The van der Waals surface area contributed by atoms with Crippen LogP contribution in [0, 0.1) is 5.82 Å². The van der Waals surface area contributed by atoms with Crippen molar-refractivity contribution in [1.29, 1.82) is 0 Å². The highest BCUT2D eigenvalue weighted by atomic mass is 35.5. The number of ether oxygens (including phenoxy) is 1. The van der Waals surface area contributed by atoms with E-state index in [0.717, 1.165) is 0 Å². The zero-order valence-electron chi connectivity index (χ0n) is 22.5. The average Bonchev–Trinajstić information content (AvgIpc) is 3.01. The van der Waals surface area contributed by atoms with Crippen molar-refractivity contribution in [2.24, 2.45) is 5.73 Å². The summed E-state index contributed by atoms with van der Waals surface area (Å²) in [5, 5.41) is 3.10. The molecule has 0 fully saturated rings. The van der Waals surface area contributed by atoms with Gasteiger partial charge in [-0.25, -0.2) is 17.5 Å². The molecule has 39 heavy (non-hydrogen) atoms. The highest BCUT2D eigenvalue weighted by Gasteiger charge is 2.44. The third-order valence-corrected chi connectivity index (χ3v) is 8.27.